The van der Waals surface area contributed by atoms with Gasteiger partial charge in [-0.05, 0) is 24.6 Å². The highest BCUT2D eigenvalue weighted by molar-refractivity contribution is 5.75. The summed E-state index contributed by atoms with van der Waals surface area (Å²) in [6.07, 6.45) is 0.385. The summed E-state index contributed by atoms with van der Waals surface area (Å²) in [5.41, 5.74) is 6.52. The lowest BCUT2D eigenvalue weighted by molar-refractivity contribution is -0.107. The normalized spacial score (nSPS) is 12.2. The fourth-order valence-corrected chi connectivity index (χ4v) is 1.43. The van der Waals surface area contributed by atoms with Crippen molar-refractivity contribution in [3.05, 3.63) is 29.6 Å². The molecule has 5 heteroatoms. The molecule has 1 atom stereocenters. The summed E-state index contributed by atoms with van der Waals surface area (Å²) < 4.78 is 18.5. The number of methoxy groups -OCH3 is 1. The fraction of sp³-hybridized carbons (Fsp3) is 0.417. The van der Waals surface area contributed by atoms with E-state index in [0.29, 0.717) is 30.8 Å². The fourth-order valence-electron chi connectivity index (χ4n) is 1.43. The zero-order chi connectivity index (χ0) is 12.8. The van der Waals surface area contributed by atoms with Gasteiger partial charge in [0.25, 0.3) is 0 Å². The van der Waals surface area contributed by atoms with Gasteiger partial charge in [0.1, 0.15) is 5.82 Å². The molecule has 1 aromatic carbocycles. The van der Waals surface area contributed by atoms with Gasteiger partial charge in [-0.25, -0.2) is 4.39 Å². The molecule has 1 rings (SSSR count). The molecule has 0 aliphatic heterocycles. The average Bonchev–Trinajstić information content (AvgIpc) is 2.35. The van der Waals surface area contributed by atoms with Gasteiger partial charge in [-0.3, -0.25) is 4.79 Å². The van der Waals surface area contributed by atoms with Gasteiger partial charge in [0.2, 0.25) is 6.41 Å². The van der Waals surface area contributed by atoms with Crippen molar-refractivity contribution >= 4 is 12.1 Å². The Bertz CT molecular complexity index is 381. The van der Waals surface area contributed by atoms with Gasteiger partial charge < -0.3 is 15.4 Å². The Balaban J connectivity index is 2.85. The van der Waals surface area contributed by atoms with Crippen LogP contribution in [0, 0.1) is 12.7 Å². The van der Waals surface area contributed by atoms with E-state index in [4.69, 9.17) is 10.5 Å². The molecule has 0 heterocycles. The predicted molar refractivity (Wildman–Crippen MR) is 64.4 cm³/mol. The first-order chi connectivity index (χ1) is 8.12. The first-order valence-corrected chi connectivity index (χ1v) is 5.33. The number of ether oxygens (including phenoxy) is 1. The van der Waals surface area contributed by atoms with E-state index in [1.165, 1.54) is 18.1 Å². The highest BCUT2D eigenvalue weighted by Crippen LogP contribution is 2.17. The maximum absolute atomic E-state index is 13.4. The maximum atomic E-state index is 13.4. The summed E-state index contributed by atoms with van der Waals surface area (Å²) in [5.74, 6) is -0.337. The molecule has 0 radical (unpaired) electrons. The Hall–Kier alpha value is -1.46. The third-order valence-electron chi connectivity index (χ3n) is 2.61. The third-order valence-corrected chi connectivity index (χ3v) is 2.61. The number of hydrogen-bond acceptors (Lipinski definition) is 3. The van der Waals surface area contributed by atoms with Gasteiger partial charge in [-0.1, -0.05) is 6.07 Å². The summed E-state index contributed by atoms with van der Waals surface area (Å²) in [4.78, 5) is 12.4. The number of carbonyl (C=O) groups is 1. The standard InChI is InChI=1S/C12H17FN2O2/c1-9-3-4-10(5-12(9)13)15(8-16)7-11(6-14)17-2/h3-5,8,11H,6-7,14H2,1-2H3. The number of anilines is 1. The lowest BCUT2D eigenvalue weighted by Crippen LogP contribution is -2.37. The summed E-state index contributed by atoms with van der Waals surface area (Å²) in [6.45, 7) is 2.27. The minimum atomic E-state index is -0.337. The molecule has 0 aromatic heterocycles. The molecule has 0 saturated heterocycles. The van der Waals surface area contributed by atoms with E-state index in [1.807, 2.05) is 0 Å². The lowest BCUT2D eigenvalue weighted by atomic mass is 10.2. The second-order valence-corrected chi connectivity index (χ2v) is 3.78. The van der Waals surface area contributed by atoms with Crippen LogP contribution in [0.4, 0.5) is 10.1 Å². The SMILES string of the molecule is COC(CN)CN(C=O)c1ccc(C)c(F)c1. The Kier molecular flexibility index (Phi) is 5.06. The topological polar surface area (TPSA) is 55.6 Å². The van der Waals surface area contributed by atoms with Crippen LogP contribution in [0.15, 0.2) is 18.2 Å². The zero-order valence-corrected chi connectivity index (χ0v) is 10.0. The van der Waals surface area contributed by atoms with Crippen molar-refractivity contribution in [1.82, 2.24) is 0 Å². The van der Waals surface area contributed by atoms with Crippen molar-refractivity contribution in [2.75, 3.05) is 25.1 Å². The average molecular weight is 240 g/mol. The third kappa shape index (κ3) is 3.51. The molecular formula is C12H17FN2O2. The quantitative estimate of drug-likeness (QED) is 0.757. The Morgan fingerprint density at radius 1 is 1.59 bits per heavy atom. The number of aryl methyl sites for hydroxylation is 1. The molecule has 0 bridgehead atoms. The Labute approximate surface area is 100 Å². The number of amides is 1. The van der Waals surface area contributed by atoms with E-state index in [-0.39, 0.29) is 11.9 Å². The molecule has 0 saturated carbocycles. The van der Waals surface area contributed by atoms with Crippen molar-refractivity contribution in [2.45, 2.75) is 13.0 Å². The van der Waals surface area contributed by atoms with E-state index >= 15 is 0 Å². The second-order valence-electron chi connectivity index (χ2n) is 3.78. The molecule has 1 aromatic rings. The number of carbonyl (C=O) groups excluding carboxylic acids is 1. The van der Waals surface area contributed by atoms with E-state index in [9.17, 15) is 9.18 Å². The van der Waals surface area contributed by atoms with Crippen LogP contribution in [0.25, 0.3) is 0 Å². The molecule has 2 N–H and O–H groups in total. The minimum Gasteiger partial charge on any atom is -0.378 e. The van der Waals surface area contributed by atoms with Gasteiger partial charge in [0, 0.05) is 19.3 Å². The van der Waals surface area contributed by atoms with Gasteiger partial charge >= 0.3 is 0 Å². The van der Waals surface area contributed by atoms with E-state index < -0.39 is 0 Å². The Morgan fingerprint density at radius 2 is 2.29 bits per heavy atom. The first-order valence-electron chi connectivity index (χ1n) is 5.33. The van der Waals surface area contributed by atoms with Crippen LogP contribution in [0.5, 0.6) is 0 Å². The van der Waals surface area contributed by atoms with Crippen molar-refractivity contribution in [3.8, 4) is 0 Å². The van der Waals surface area contributed by atoms with Gasteiger partial charge in [-0.15, -0.1) is 0 Å². The van der Waals surface area contributed by atoms with Crippen LogP contribution < -0.4 is 10.6 Å². The predicted octanol–water partition coefficient (Wildman–Crippen LogP) is 1.07. The first kappa shape index (κ1) is 13.6. The van der Waals surface area contributed by atoms with Crippen LogP contribution in [-0.2, 0) is 9.53 Å². The molecule has 0 spiro atoms. The van der Waals surface area contributed by atoms with E-state index in [0.717, 1.165) is 0 Å². The number of benzene rings is 1. The van der Waals surface area contributed by atoms with Crippen LogP contribution in [-0.4, -0.2) is 32.7 Å². The molecule has 0 aliphatic rings. The number of nitrogens with two attached hydrogens (primary N) is 1. The van der Waals surface area contributed by atoms with Gasteiger partial charge in [0.05, 0.1) is 12.6 Å². The van der Waals surface area contributed by atoms with Crippen molar-refractivity contribution in [1.29, 1.82) is 0 Å². The van der Waals surface area contributed by atoms with Gasteiger partial charge in [-0.2, -0.15) is 0 Å². The summed E-state index contributed by atoms with van der Waals surface area (Å²) in [6, 6.07) is 4.65. The molecule has 1 unspecified atom stereocenters. The highest BCUT2D eigenvalue weighted by Gasteiger charge is 2.13. The van der Waals surface area contributed by atoms with Gasteiger partial charge in [0.15, 0.2) is 0 Å². The van der Waals surface area contributed by atoms with Crippen molar-refractivity contribution in [3.63, 3.8) is 0 Å². The second kappa shape index (κ2) is 6.32. The molecule has 0 fully saturated rings. The number of rotatable bonds is 6. The summed E-state index contributed by atoms with van der Waals surface area (Å²) in [7, 11) is 1.52. The summed E-state index contributed by atoms with van der Waals surface area (Å²) in [5, 5.41) is 0. The van der Waals surface area contributed by atoms with Crippen molar-refractivity contribution < 1.29 is 13.9 Å². The maximum Gasteiger partial charge on any atom is 0.214 e. The smallest absolute Gasteiger partial charge is 0.214 e. The zero-order valence-electron chi connectivity index (χ0n) is 10.0. The molecule has 0 aliphatic carbocycles. The number of halogens is 1. The van der Waals surface area contributed by atoms with Crippen LogP contribution >= 0.6 is 0 Å². The van der Waals surface area contributed by atoms with Crippen LogP contribution in [0.2, 0.25) is 0 Å². The van der Waals surface area contributed by atoms with Crippen LogP contribution in [0.1, 0.15) is 5.56 Å². The molecule has 4 nitrogen and oxygen atoms in total. The summed E-state index contributed by atoms with van der Waals surface area (Å²) >= 11 is 0. The van der Waals surface area contributed by atoms with E-state index in [1.54, 1.807) is 19.1 Å². The largest absolute Gasteiger partial charge is 0.378 e. The number of nitrogens with zero attached hydrogens (tertiary/aromatic N) is 1. The van der Waals surface area contributed by atoms with Crippen LogP contribution in [0.3, 0.4) is 0 Å². The monoisotopic (exact) mass is 240 g/mol. The molecule has 1 amide bonds. The molecular weight excluding hydrogens is 223 g/mol. The van der Waals surface area contributed by atoms with Crippen molar-refractivity contribution in [2.24, 2.45) is 5.73 Å². The molecule has 94 valence electrons. The Morgan fingerprint density at radius 3 is 2.76 bits per heavy atom. The molecule has 17 heavy (non-hydrogen) atoms. The number of hydrogen-bond donors (Lipinski definition) is 1. The van der Waals surface area contributed by atoms with E-state index in [2.05, 4.69) is 0 Å². The lowest BCUT2D eigenvalue weighted by Gasteiger charge is -2.22. The highest BCUT2D eigenvalue weighted by atomic mass is 19.1. The minimum absolute atomic E-state index is 0.260.